The quantitative estimate of drug-likeness (QED) is 0.895. The molecule has 0 saturated carbocycles. The van der Waals surface area contributed by atoms with Crippen LogP contribution in [0.4, 0.5) is 0 Å². The molecule has 1 aromatic heterocycles. The average Bonchev–Trinajstić information content (AvgIpc) is 3.00. The Hall–Kier alpha value is -2.25. The van der Waals surface area contributed by atoms with Crippen LogP contribution in [0.5, 0.6) is 5.75 Å². The Kier molecular flexibility index (Phi) is 2.77. The number of hydrogen-bond donors (Lipinski definition) is 1. The van der Waals surface area contributed by atoms with Crippen LogP contribution in [-0.2, 0) is 6.42 Å². The summed E-state index contributed by atoms with van der Waals surface area (Å²) in [5.41, 5.74) is -0.0763. The molecule has 4 nitrogen and oxygen atoms in total. The number of fused-ring (bicyclic) bond motifs is 1. The summed E-state index contributed by atoms with van der Waals surface area (Å²) in [6.45, 7) is 0.155. The summed E-state index contributed by atoms with van der Waals surface area (Å²) in [4.78, 5) is 0. The predicted molar refractivity (Wildman–Crippen MR) is 67.4 cm³/mol. The molecule has 19 heavy (non-hydrogen) atoms. The van der Waals surface area contributed by atoms with Gasteiger partial charge in [0.15, 0.2) is 0 Å². The van der Waals surface area contributed by atoms with Crippen LogP contribution in [0.3, 0.4) is 0 Å². The maximum Gasteiger partial charge on any atom is 0.134 e. The first kappa shape index (κ1) is 11.8. The van der Waals surface area contributed by atoms with Crippen LogP contribution in [0, 0.1) is 16.7 Å². The van der Waals surface area contributed by atoms with Crippen molar-refractivity contribution in [1.29, 1.82) is 5.26 Å². The molecule has 2 atom stereocenters. The SMILES string of the molecule is N#CC1(C(O)c2ccco2)COc2ccccc2C1. The fourth-order valence-electron chi connectivity index (χ4n) is 2.42. The maximum absolute atomic E-state index is 10.4. The molecular formula is C15H13NO3. The van der Waals surface area contributed by atoms with E-state index in [0.29, 0.717) is 12.2 Å². The minimum atomic E-state index is -1.01. The van der Waals surface area contributed by atoms with Crippen LogP contribution in [0.15, 0.2) is 47.1 Å². The van der Waals surface area contributed by atoms with E-state index in [4.69, 9.17) is 9.15 Å². The van der Waals surface area contributed by atoms with Gasteiger partial charge >= 0.3 is 0 Å². The lowest BCUT2D eigenvalue weighted by Crippen LogP contribution is -2.39. The first-order valence-corrected chi connectivity index (χ1v) is 6.09. The van der Waals surface area contributed by atoms with Crippen molar-refractivity contribution < 1.29 is 14.3 Å². The second-order valence-electron chi connectivity index (χ2n) is 4.76. The fourth-order valence-corrected chi connectivity index (χ4v) is 2.42. The summed E-state index contributed by atoms with van der Waals surface area (Å²) in [5.74, 6) is 1.17. The highest BCUT2D eigenvalue weighted by molar-refractivity contribution is 5.38. The van der Waals surface area contributed by atoms with E-state index in [1.165, 1.54) is 6.26 Å². The minimum absolute atomic E-state index is 0.155. The molecule has 0 fully saturated rings. The van der Waals surface area contributed by atoms with Gasteiger partial charge in [-0.25, -0.2) is 0 Å². The molecule has 2 unspecified atom stereocenters. The molecule has 2 aromatic rings. The first-order valence-electron chi connectivity index (χ1n) is 6.09. The second kappa shape index (κ2) is 4.45. The van der Waals surface area contributed by atoms with Crippen molar-refractivity contribution in [3.63, 3.8) is 0 Å². The van der Waals surface area contributed by atoms with Crippen LogP contribution in [-0.4, -0.2) is 11.7 Å². The second-order valence-corrected chi connectivity index (χ2v) is 4.76. The molecule has 0 radical (unpaired) electrons. The number of benzene rings is 1. The van der Waals surface area contributed by atoms with E-state index in [1.54, 1.807) is 12.1 Å². The first-order chi connectivity index (χ1) is 9.25. The van der Waals surface area contributed by atoms with Gasteiger partial charge in [0.2, 0.25) is 0 Å². The van der Waals surface area contributed by atoms with Crippen molar-refractivity contribution in [3.8, 4) is 11.8 Å². The van der Waals surface area contributed by atoms with Gasteiger partial charge in [0, 0.05) is 6.42 Å². The van der Waals surface area contributed by atoms with E-state index in [1.807, 2.05) is 24.3 Å². The fraction of sp³-hybridized carbons (Fsp3) is 0.267. The lowest BCUT2D eigenvalue weighted by molar-refractivity contribution is 0.00364. The maximum atomic E-state index is 10.4. The van der Waals surface area contributed by atoms with Gasteiger partial charge in [-0.05, 0) is 23.8 Å². The third kappa shape index (κ3) is 1.88. The Morgan fingerprint density at radius 1 is 1.26 bits per heavy atom. The molecule has 3 rings (SSSR count). The highest BCUT2D eigenvalue weighted by Crippen LogP contribution is 2.42. The Morgan fingerprint density at radius 2 is 2.11 bits per heavy atom. The summed E-state index contributed by atoms with van der Waals surface area (Å²) in [7, 11) is 0. The molecule has 0 spiro atoms. The molecule has 1 aromatic carbocycles. The molecule has 0 saturated heterocycles. The van der Waals surface area contributed by atoms with E-state index in [9.17, 15) is 10.4 Å². The monoisotopic (exact) mass is 255 g/mol. The van der Waals surface area contributed by atoms with Gasteiger partial charge in [-0.1, -0.05) is 18.2 Å². The number of aliphatic hydroxyl groups excluding tert-OH is 1. The lowest BCUT2D eigenvalue weighted by atomic mass is 9.76. The van der Waals surface area contributed by atoms with Gasteiger partial charge in [0.1, 0.15) is 29.6 Å². The van der Waals surface area contributed by atoms with E-state index in [0.717, 1.165) is 11.3 Å². The van der Waals surface area contributed by atoms with Gasteiger partial charge in [-0.15, -0.1) is 0 Å². The van der Waals surface area contributed by atoms with Gasteiger partial charge < -0.3 is 14.3 Å². The molecule has 0 aliphatic carbocycles. The molecule has 96 valence electrons. The third-order valence-electron chi connectivity index (χ3n) is 3.52. The minimum Gasteiger partial charge on any atom is -0.492 e. The van der Waals surface area contributed by atoms with E-state index >= 15 is 0 Å². The zero-order valence-electron chi connectivity index (χ0n) is 10.2. The number of furan rings is 1. The number of ether oxygens (including phenoxy) is 1. The van der Waals surface area contributed by atoms with Crippen molar-refractivity contribution in [3.05, 3.63) is 54.0 Å². The van der Waals surface area contributed by atoms with Crippen molar-refractivity contribution in [1.82, 2.24) is 0 Å². The third-order valence-corrected chi connectivity index (χ3v) is 3.52. The van der Waals surface area contributed by atoms with Crippen LogP contribution in [0.1, 0.15) is 17.4 Å². The molecule has 0 amide bonds. The van der Waals surface area contributed by atoms with Gasteiger partial charge in [-0.3, -0.25) is 0 Å². The molecule has 1 aliphatic heterocycles. The Morgan fingerprint density at radius 3 is 2.84 bits per heavy atom. The van der Waals surface area contributed by atoms with Crippen molar-refractivity contribution >= 4 is 0 Å². The summed E-state index contributed by atoms with van der Waals surface area (Å²) in [6.07, 6.45) is 0.934. The van der Waals surface area contributed by atoms with Crippen LogP contribution >= 0.6 is 0 Å². The summed E-state index contributed by atoms with van der Waals surface area (Å²) in [5, 5.41) is 19.9. The summed E-state index contributed by atoms with van der Waals surface area (Å²) >= 11 is 0. The molecule has 1 aliphatic rings. The molecule has 4 heteroatoms. The topological polar surface area (TPSA) is 66.4 Å². The largest absolute Gasteiger partial charge is 0.492 e. The van der Waals surface area contributed by atoms with Gasteiger partial charge in [0.05, 0.1) is 12.3 Å². The standard InChI is InChI=1S/C15H13NO3/c16-9-15(14(17)13-6-3-7-18-13)8-11-4-1-2-5-12(11)19-10-15/h1-7,14,17H,8,10H2. The van der Waals surface area contributed by atoms with Gasteiger partial charge in [0.25, 0.3) is 0 Å². The predicted octanol–water partition coefficient (Wildman–Crippen LogP) is 2.46. The zero-order valence-corrected chi connectivity index (χ0v) is 10.2. The van der Waals surface area contributed by atoms with Crippen LogP contribution in [0.25, 0.3) is 0 Å². The van der Waals surface area contributed by atoms with Crippen LogP contribution < -0.4 is 4.74 Å². The number of hydrogen-bond acceptors (Lipinski definition) is 4. The zero-order chi connectivity index (χ0) is 13.3. The molecule has 0 bridgehead atoms. The summed E-state index contributed by atoms with van der Waals surface area (Å²) in [6, 6.07) is 13.1. The van der Waals surface area contributed by atoms with Crippen molar-refractivity contribution in [2.75, 3.05) is 6.61 Å². The highest BCUT2D eigenvalue weighted by Gasteiger charge is 2.44. The Balaban J connectivity index is 1.97. The smallest absolute Gasteiger partial charge is 0.134 e. The number of aliphatic hydroxyl groups is 1. The normalized spacial score (nSPS) is 22.9. The Labute approximate surface area is 110 Å². The van der Waals surface area contributed by atoms with Crippen molar-refractivity contribution in [2.45, 2.75) is 12.5 Å². The lowest BCUT2D eigenvalue weighted by Gasteiger charge is -2.34. The average molecular weight is 255 g/mol. The van der Waals surface area contributed by atoms with E-state index < -0.39 is 11.5 Å². The van der Waals surface area contributed by atoms with E-state index in [-0.39, 0.29) is 6.61 Å². The number of nitriles is 1. The Bertz CT molecular complexity index is 615. The summed E-state index contributed by atoms with van der Waals surface area (Å²) < 4.78 is 10.8. The van der Waals surface area contributed by atoms with Crippen LogP contribution in [0.2, 0.25) is 0 Å². The van der Waals surface area contributed by atoms with Gasteiger partial charge in [-0.2, -0.15) is 5.26 Å². The number of rotatable bonds is 2. The molecule has 2 heterocycles. The van der Waals surface area contributed by atoms with Crippen molar-refractivity contribution in [2.24, 2.45) is 5.41 Å². The van der Waals surface area contributed by atoms with E-state index in [2.05, 4.69) is 6.07 Å². The number of nitrogens with zero attached hydrogens (tertiary/aromatic N) is 1. The highest BCUT2D eigenvalue weighted by atomic mass is 16.5. The molecule has 1 N–H and O–H groups in total. The number of para-hydroxylation sites is 1. The molecular weight excluding hydrogens is 242 g/mol.